The maximum Gasteiger partial charge on any atom is 0.308 e. The number of hydrogen-bond acceptors (Lipinski definition) is 12. The quantitative estimate of drug-likeness (QED) is 0.119. The Bertz CT molecular complexity index is 699. The molecule has 0 saturated carbocycles. The van der Waals surface area contributed by atoms with Crippen molar-refractivity contribution < 1.29 is 57.1 Å². The third-order valence-corrected chi connectivity index (χ3v) is 5.98. The van der Waals surface area contributed by atoms with Crippen molar-refractivity contribution in [3.63, 3.8) is 0 Å². The van der Waals surface area contributed by atoms with E-state index in [1.165, 1.54) is 0 Å². The summed E-state index contributed by atoms with van der Waals surface area (Å²) in [6, 6.07) is 0. The van der Waals surface area contributed by atoms with Gasteiger partial charge in [-0.1, -0.05) is 0 Å². The topological polar surface area (TPSA) is 142 Å². The summed E-state index contributed by atoms with van der Waals surface area (Å²) in [6.07, 6.45) is 5.26. The van der Waals surface area contributed by atoms with Crippen LogP contribution < -0.4 is 0 Å². The summed E-state index contributed by atoms with van der Waals surface area (Å²) >= 11 is 0. The lowest BCUT2D eigenvalue weighted by atomic mass is 9.96. The van der Waals surface area contributed by atoms with Gasteiger partial charge in [0.25, 0.3) is 0 Å². The number of carbonyl (C=O) groups excluding carboxylic acids is 4. The lowest BCUT2D eigenvalue weighted by Gasteiger charge is -2.21. The van der Waals surface area contributed by atoms with Gasteiger partial charge in [-0.25, -0.2) is 0 Å². The lowest BCUT2D eigenvalue weighted by Crippen LogP contribution is -2.25. The first-order chi connectivity index (χ1) is 19.5. The van der Waals surface area contributed by atoms with E-state index >= 15 is 0 Å². The van der Waals surface area contributed by atoms with Crippen molar-refractivity contribution in [2.24, 2.45) is 5.92 Å². The zero-order valence-electron chi connectivity index (χ0n) is 24.2. The Morgan fingerprint density at radius 1 is 0.725 bits per heavy atom. The fraction of sp³-hybridized carbons (Fsp3) is 0.857. The zero-order valence-corrected chi connectivity index (χ0v) is 24.2. The van der Waals surface area contributed by atoms with Crippen molar-refractivity contribution in [1.29, 1.82) is 0 Å². The van der Waals surface area contributed by atoms with Crippen LogP contribution in [-0.2, 0) is 57.1 Å². The van der Waals surface area contributed by atoms with Crippen LogP contribution in [0.4, 0.5) is 0 Å². The molecule has 2 unspecified atom stereocenters. The molecule has 2 aliphatic heterocycles. The van der Waals surface area contributed by atoms with Crippen LogP contribution in [0, 0.1) is 5.92 Å². The predicted molar refractivity (Wildman–Crippen MR) is 142 cm³/mol. The molecule has 2 rings (SSSR count). The highest BCUT2D eigenvalue weighted by molar-refractivity contribution is 5.75. The van der Waals surface area contributed by atoms with Crippen LogP contribution in [-0.4, -0.2) is 103 Å². The molecule has 0 spiro atoms. The molecule has 232 valence electrons. The maximum atomic E-state index is 11.5. The SMILES string of the molecule is CCOCCOCCOC(=O)CCC1CCCC(=O)O1.CCOCCOCCOC(=O)CCC1CCCOC1=O. The largest absolute Gasteiger partial charge is 0.465 e. The molecule has 2 aliphatic rings. The van der Waals surface area contributed by atoms with Gasteiger partial charge in [0.2, 0.25) is 0 Å². The first-order valence-electron chi connectivity index (χ1n) is 14.4. The summed E-state index contributed by atoms with van der Waals surface area (Å²) in [5.41, 5.74) is 0. The van der Waals surface area contributed by atoms with E-state index in [0.29, 0.717) is 78.7 Å². The smallest absolute Gasteiger partial charge is 0.308 e. The number of hydrogen-bond donors (Lipinski definition) is 0. The van der Waals surface area contributed by atoms with Gasteiger partial charge in [-0.3, -0.25) is 19.2 Å². The first-order valence-corrected chi connectivity index (χ1v) is 14.4. The molecule has 2 atom stereocenters. The van der Waals surface area contributed by atoms with Crippen LogP contribution >= 0.6 is 0 Å². The molecule has 0 aliphatic carbocycles. The summed E-state index contributed by atoms with van der Waals surface area (Å²) in [5.74, 6) is -1.09. The van der Waals surface area contributed by atoms with E-state index < -0.39 is 0 Å². The molecule has 0 aromatic rings. The van der Waals surface area contributed by atoms with Gasteiger partial charge in [-0.2, -0.15) is 0 Å². The fourth-order valence-electron chi connectivity index (χ4n) is 3.85. The highest BCUT2D eigenvalue weighted by Gasteiger charge is 2.24. The molecular formula is C28H48O12. The monoisotopic (exact) mass is 576 g/mol. The Morgan fingerprint density at radius 2 is 1.27 bits per heavy atom. The fourth-order valence-corrected chi connectivity index (χ4v) is 3.85. The molecule has 0 aromatic heterocycles. The normalized spacial score (nSPS) is 18.6. The Labute approximate surface area is 237 Å². The van der Waals surface area contributed by atoms with Crippen LogP contribution in [0.15, 0.2) is 0 Å². The van der Waals surface area contributed by atoms with Crippen molar-refractivity contribution >= 4 is 23.9 Å². The van der Waals surface area contributed by atoms with Crippen LogP contribution in [0.3, 0.4) is 0 Å². The molecule has 2 heterocycles. The van der Waals surface area contributed by atoms with E-state index in [2.05, 4.69) is 0 Å². The van der Waals surface area contributed by atoms with Crippen LogP contribution in [0.2, 0.25) is 0 Å². The zero-order chi connectivity index (χ0) is 29.3. The standard InChI is InChI=1S/2C14H24O6/c1-2-17-8-9-18-10-11-19-13(15)6-5-12-4-3-7-20-14(12)16;1-2-17-8-9-18-10-11-19-13(15)7-6-12-4-3-5-14(16)20-12/h2*12H,2-11H2,1H3. The second-order valence-electron chi connectivity index (χ2n) is 9.15. The maximum absolute atomic E-state index is 11.5. The van der Waals surface area contributed by atoms with Crippen molar-refractivity contribution in [2.75, 3.05) is 72.7 Å². The molecule has 0 radical (unpaired) electrons. The Hall–Kier alpha value is -2.28. The molecule has 0 bridgehead atoms. The first kappa shape index (κ1) is 35.7. The number of cyclic esters (lactones) is 2. The summed E-state index contributed by atoms with van der Waals surface area (Å²) in [6.45, 7) is 9.01. The molecular weight excluding hydrogens is 528 g/mol. The number of rotatable bonds is 20. The van der Waals surface area contributed by atoms with E-state index in [-0.39, 0.29) is 62.0 Å². The predicted octanol–water partition coefficient (Wildman–Crippen LogP) is 2.77. The highest BCUT2D eigenvalue weighted by Crippen LogP contribution is 2.20. The molecule has 0 aromatic carbocycles. The van der Waals surface area contributed by atoms with Gasteiger partial charge < -0.3 is 37.9 Å². The Morgan fingerprint density at radius 3 is 1.82 bits per heavy atom. The molecule has 12 heteroatoms. The van der Waals surface area contributed by atoms with Gasteiger partial charge in [0.15, 0.2) is 0 Å². The number of carbonyl (C=O) groups is 4. The number of esters is 4. The van der Waals surface area contributed by atoms with Gasteiger partial charge in [0, 0.05) is 32.5 Å². The van der Waals surface area contributed by atoms with Gasteiger partial charge in [-0.15, -0.1) is 0 Å². The summed E-state index contributed by atoms with van der Waals surface area (Å²) in [7, 11) is 0. The highest BCUT2D eigenvalue weighted by atomic mass is 16.6. The van der Waals surface area contributed by atoms with Crippen LogP contribution in [0.5, 0.6) is 0 Å². The van der Waals surface area contributed by atoms with Crippen molar-refractivity contribution in [3.8, 4) is 0 Å². The van der Waals surface area contributed by atoms with E-state index in [9.17, 15) is 19.2 Å². The summed E-state index contributed by atoms with van der Waals surface area (Å²) < 4.78 is 40.8. The molecule has 0 amide bonds. The van der Waals surface area contributed by atoms with Crippen molar-refractivity contribution in [1.82, 2.24) is 0 Å². The average molecular weight is 577 g/mol. The Kier molecular flexibility index (Phi) is 21.9. The van der Waals surface area contributed by atoms with Gasteiger partial charge >= 0.3 is 23.9 Å². The minimum absolute atomic E-state index is 0.133. The van der Waals surface area contributed by atoms with Gasteiger partial charge in [0.1, 0.15) is 19.3 Å². The van der Waals surface area contributed by atoms with Crippen molar-refractivity contribution in [2.45, 2.75) is 77.7 Å². The second-order valence-corrected chi connectivity index (χ2v) is 9.15. The van der Waals surface area contributed by atoms with Crippen molar-refractivity contribution in [3.05, 3.63) is 0 Å². The van der Waals surface area contributed by atoms with E-state index in [1.54, 1.807) is 0 Å². The van der Waals surface area contributed by atoms with E-state index in [4.69, 9.17) is 37.9 Å². The summed E-state index contributed by atoms with van der Waals surface area (Å²) in [4.78, 5) is 45.4. The van der Waals surface area contributed by atoms with Crippen LogP contribution in [0.1, 0.15) is 71.6 Å². The second kappa shape index (κ2) is 24.5. The molecule has 12 nitrogen and oxygen atoms in total. The van der Waals surface area contributed by atoms with E-state index in [0.717, 1.165) is 25.7 Å². The average Bonchev–Trinajstić information content (AvgIpc) is 2.95. The minimum atomic E-state index is -0.295. The lowest BCUT2D eigenvalue weighted by molar-refractivity contribution is -0.156. The third-order valence-electron chi connectivity index (χ3n) is 5.98. The summed E-state index contributed by atoms with van der Waals surface area (Å²) in [5, 5.41) is 0. The third kappa shape index (κ3) is 19.7. The Balaban J connectivity index is 0.000000400. The van der Waals surface area contributed by atoms with E-state index in [1.807, 2.05) is 13.8 Å². The number of ether oxygens (including phenoxy) is 8. The van der Waals surface area contributed by atoms with Gasteiger partial charge in [-0.05, 0) is 52.4 Å². The van der Waals surface area contributed by atoms with Gasteiger partial charge in [0.05, 0.1) is 52.2 Å². The molecule has 0 N–H and O–H groups in total. The minimum Gasteiger partial charge on any atom is -0.465 e. The van der Waals surface area contributed by atoms with Crippen LogP contribution in [0.25, 0.3) is 0 Å². The molecule has 2 fully saturated rings. The molecule has 40 heavy (non-hydrogen) atoms. The molecule has 2 saturated heterocycles.